The fraction of sp³-hybridized carbons (Fsp3) is 1.00. The molecule has 0 saturated carbocycles. The van der Waals surface area contributed by atoms with E-state index in [0.29, 0.717) is 12.6 Å². The molecule has 0 amide bonds. The van der Waals surface area contributed by atoms with E-state index in [-0.39, 0.29) is 6.10 Å². The molecule has 0 rings (SSSR count). The lowest BCUT2D eigenvalue weighted by Gasteiger charge is -2.18. The van der Waals surface area contributed by atoms with E-state index in [1.807, 2.05) is 20.9 Å². The summed E-state index contributed by atoms with van der Waals surface area (Å²) in [5, 5.41) is 9.05. The summed E-state index contributed by atoms with van der Waals surface area (Å²) in [6.07, 6.45) is 0.0407. The summed E-state index contributed by atoms with van der Waals surface area (Å²) < 4.78 is 5.37. The maximum atomic E-state index is 9.05. The highest BCUT2D eigenvalue weighted by Crippen LogP contribution is 1.91. The Hall–Kier alpha value is -0.120. The fourth-order valence-electron chi connectivity index (χ4n) is 0.987. The third-order valence-electron chi connectivity index (χ3n) is 1.50. The maximum absolute atomic E-state index is 9.05. The summed E-state index contributed by atoms with van der Waals surface area (Å²) in [6.45, 7) is 8.16. The number of ether oxygens (including phenoxy) is 1. The van der Waals surface area contributed by atoms with Crippen LogP contribution in [-0.4, -0.2) is 49.0 Å². The number of nitrogens with zero attached hydrogens (tertiary/aromatic N) is 1. The van der Waals surface area contributed by atoms with Gasteiger partial charge in [-0.15, -0.1) is 0 Å². The van der Waals surface area contributed by atoms with Gasteiger partial charge in [0.1, 0.15) is 0 Å². The molecular formula is C9H21NO2. The Balaban J connectivity index is 3.25. The summed E-state index contributed by atoms with van der Waals surface area (Å²) in [5.41, 5.74) is 0. The Bertz CT molecular complexity index is 105. The first-order valence-corrected chi connectivity index (χ1v) is 4.50. The lowest BCUT2D eigenvalue weighted by molar-refractivity contribution is 0.0544. The highest BCUT2D eigenvalue weighted by atomic mass is 16.5. The van der Waals surface area contributed by atoms with E-state index in [2.05, 4.69) is 4.90 Å². The van der Waals surface area contributed by atoms with E-state index in [1.165, 1.54) is 0 Å². The minimum absolute atomic E-state index is 0.256. The van der Waals surface area contributed by atoms with Crippen molar-refractivity contribution < 1.29 is 9.84 Å². The third-order valence-corrected chi connectivity index (χ3v) is 1.50. The molecule has 1 atom stereocenters. The summed E-state index contributed by atoms with van der Waals surface area (Å²) >= 11 is 0. The maximum Gasteiger partial charge on any atom is 0.0638 e. The van der Waals surface area contributed by atoms with Gasteiger partial charge >= 0.3 is 0 Å². The zero-order valence-corrected chi connectivity index (χ0v) is 8.58. The van der Waals surface area contributed by atoms with Crippen LogP contribution in [0.4, 0.5) is 0 Å². The lowest BCUT2D eigenvalue weighted by Crippen LogP contribution is -2.30. The number of aliphatic hydroxyl groups excluding tert-OH is 1. The van der Waals surface area contributed by atoms with Crippen molar-refractivity contribution >= 4 is 0 Å². The Morgan fingerprint density at radius 3 is 2.33 bits per heavy atom. The van der Waals surface area contributed by atoms with Gasteiger partial charge in [-0.05, 0) is 27.8 Å². The molecule has 1 unspecified atom stereocenters. The quantitative estimate of drug-likeness (QED) is 0.646. The van der Waals surface area contributed by atoms with Crippen LogP contribution in [0.1, 0.15) is 20.8 Å². The van der Waals surface area contributed by atoms with Crippen molar-refractivity contribution in [2.24, 2.45) is 0 Å². The molecule has 12 heavy (non-hydrogen) atoms. The molecule has 0 spiro atoms. The molecule has 0 aliphatic rings. The number of hydrogen-bond acceptors (Lipinski definition) is 3. The van der Waals surface area contributed by atoms with E-state index in [9.17, 15) is 0 Å². The van der Waals surface area contributed by atoms with Gasteiger partial charge in [0.05, 0.1) is 18.8 Å². The van der Waals surface area contributed by atoms with Crippen molar-refractivity contribution in [1.29, 1.82) is 0 Å². The van der Waals surface area contributed by atoms with Crippen LogP contribution in [0.25, 0.3) is 0 Å². The number of likely N-dealkylation sites (N-methyl/N-ethyl adjacent to an activating group) is 1. The smallest absolute Gasteiger partial charge is 0.0638 e. The largest absolute Gasteiger partial charge is 0.392 e. The van der Waals surface area contributed by atoms with Gasteiger partial charge < -0.3 is 14.7 Å². The van der Waals surface area contributed by atoms with Crippen LogP contribution in [0.2, 0.25) is 0 Å². The molecule has 0 saturated heterocycles. The lowest BCUT2D eigenvalue weighted by atomic mass is 10.4. The Labute approximate surface area is 75.3 Å². The molecular weight excluding hydrogens is 154 g/mol. The van der Waals surface area contributed by atoms with E-state index in [4.69, 9.17) is 9.84 Å². The molecule has 0 aliphatic carbocycles. The van der Waals surface area contributed by atoms with Gasteiger partial charge in [-0.25, -0.2) is 0 Å². The van der Waals surface area contributed by atoms with Crippen molar-refractivity contribution in [1.82, 2.24) is 4.90 Å². The summed E-state index contributed by atoms with van der Waals surface area (Å²) in [4.78, 5) is 2.06. The van der Waals surface area contributed by atoms with Crippen LogP contribution < -0.4 is 0 Å². The molecule has 0 aromatic heterocycles. The van der Waals surface area contributed by atoms with Gasteiger partial charge in [-0.1, -0.05) is 0 Å². The SMILES string of the molecule is CC(O)CN(C)CCOC(C)C. The average Bonchev–Trinajstić information content (AvgIpc) is 1.84. The second kappa shape index (κ2) is 6.40. The monoisotopic (exact) mass is 175 g/mol. The van der Waals surface area contributed by atoms with E-state index in [1.54, 1.807) is 6.92 Å². The average molecular weight is 175 g/mol. The molecule has 0 aliphatic heterocycles. The van der Waals surface area contributed by atoms with Gasteiger partial charge in [0.25, 0.3) is 0 Å². The Morgan fingerprint density at radius 2 is 1.92 bits per heavy atom. The normalized spacial score (nSPS) is 14.2. The second-order valence-electron chi connectivity index (χ2n) is 3.53. The Morgan fingerprint density at radius 1 is 1.33 bits per heavy atom. The third kappa shape index (κ3) is 7.98. The first kappa shape index (κ1) is 11.9. The van der Waals surface area contributed by atoms with Crippen molar-refractivity contribution in [3.63, 3.8) is 0 Å². The molecule has 0 bridgehead atoms. The molecule has 0 aromatic rings. The van der Waals surface area contributed by atoms with Crippen LogP contribution in [0.3, 0.4) is 0 Å². The van der Waals surface area contributed by atoms with Gasteiger partial charge in [0.15, 0.2) is 0 Å². The van der Waals surface area contributed by atoms with Gasteiger partial charge in [-0.3, -0.25) is 0 Å². The standard InChI is InChI=1S/C9H21NO2/c1-8(2)12-6-5-10(4)7-9(3)11/h8-9,11H,5-7H2,1-4H3. The van der Waals surface area contributed by atoms with Gasteiger partial charge in [-0.2, -0.15) is 0 Å². The molecule has 1 N–H and O–H groups in total. The zero-order chi connectivity index (χ0) is 9.56. The molecule has 0 aromatic carbocycles. The molecule has 0 heterocycles. The highest BCUT2D eigenvalue weighted by molar-refractivity contribution is 4.55. The summed E-state index contributed by atoms with van der Waals surface area (Å²) in [6, 6.07) is 0. The van der Waals surface area contributed by atoms with Crippen LogP contribution in [-0.2, 0) is 4.74 Å². The van der Waals surface area contributed by atoms with E-state index < -0.39 is 0 Å². The van der Waals surface area contributed by atoms with E-state index in [0.717, 1.165) is 13.2 Å². The van der Waals surface area contributed by atoms with Crippen LogP contribution in [0.5, 0.6) is 0 Å². The fourth-order valence-corrected chi connectivity index (χ4v) is 0.987. The van der Waals surface area contributed by atoms with Crippen LogP contribution in [0.15, 0.2) is 0 Å². The topological polar surface area (TPSA) is 32.7 Å². The van der Waals surface area contributed by atoms with E-state index >= 15 is 0 Å². The minimum Gasteiger partial charge on any atom is -0.392 e. The molecule has 0 fully saturated rings. The van der Waals surface area contributed by atoms with Crippen molar-refractivity contribution in [3.8, 4) is 0 Å². The Kier molecular flexibility index (Phi) is 6.34. The van der Waals surface area contributed by atoms with Crippen LogP contribution in [0, 0.1) is 0 Å². The first-order chi connectivity index (χ1) is 5.52. The molecule has 3 heteroatoms. The van der Waals surface area contributed by atoms with Crippen LogP contribution >= 0.6 is 0 Å². The van der Waals surface area contributed by atoms with Crippen molar-refractivity contribution in [3.05, 3.63) is 0 Å². The predicted octanol–water partition coefficient (Wildman–Crippen LogP) is 0.724. The molecule has 3 nitrogen and oxygen atoms in total. The summed E-state index contributed by atoms with van der Waals surface area (Å²) in [5.74, 6) is 0. The first-order valence-electron chi connectivity index (χ1n) is 4.50. The van der Waals surface area contributed by atoms with Crippen molar-refractivity contribution in [2.75, 3.05) is 26.7 Å². The number of aliphatic hydroxyl groups is 1. The summed E-state index contributed by atoms with van der Waals surface area (Å²) in [7, 11) is 1.98. The zero-order valence-electron chi connectivity index (χ0n) is 8.58. The van der Waals surface area contributed by atoms with Gasteiger partial charge in [0.2, 0.25) is 0 Å². The number of rotatable bonds is 6. The number of hydrogen-bond donors (Lipinski definition) is 1. The van der Waals surface area contributed by atoms with Gasteiger partial charge in [0, 0.05) is 13.1 Å². The highest BCUT2D eigenvalue weighted by Gasteiger charge is 2.02. The predicted molar refractivity (Wildman–Crippen MR) is 50.3 cm³/mol. The van der Waals surface area contributed by atoms with Crippen molar-refractivity contribution in [2.45, 2.75) is 33.0 Å². The second-order valence-corrected chi connectivity index (χ2v) is 3.53. The molecule has 0 radical (unpaired) electrons. The minimum atomic E-state index is -0.256. The molecule has 74 valence electrons.